The fourth-order valence-corrected chi connectivity index (χ4v) is 3.13. The third kappa shape index (κ3) is 2.23. The van der Waals surface area contributed by atoms with Crippen LogP contribution in [0.5, 0.6) is 0 Å². The number of hydrogen-bond acceptors (Lipinski definition) is 4. The van der Waals surface area contributed by atoms with Crippen molar-refractivity contribution in [3.05, 3.63) is 0 Å². The number of rotatable bonds is 5. The van der Waals surface area contributed by atoms with Crippen molar-refractivity contribution >= 4 is 12.0 Å². The molecule has 0 spiro atoms. The van der Waals surface area contributed by atoms with Crippen molar-refractivity contribution in [3.63, 3.8) is 0 Å². The van der Waals surface area contributed by atoms with Gasteiger partial charge in [0.25, 0.3) is 0 Å². The third-order valence-corrected chi connectivity index (χ3v) is 4.40. The molecule has 0 bridgehead atoms. The fraction of sp³-hybridized carbons (Fsp3) is 0.846. The maximum atomic E-state index is 12.0. The molecule has 5 heteroatoms. The lowest BCUT2D eigenvalue weighted by atomic mass is 9.57. The first-order valence-electron chi connectivity index (χ1n) is 6.71. The SMILES string of the molecule is CCC[C@@]1(CO)CC[C@H]1CC(=O)N1CCOC1=O. The van der Waals surface area contributed by atoms with Gasteiger partial charge in [-0.05, 0) is 30.6 Å². The van der Waals surface area contributed by atoms with Gasteiger partial charge in [0.1, 0.15) is 6.61 Å². The molecule has 18 heavy (non-hydrogen) atoms. The van der Waals surface area contributed by atoms with E-state index in [0.29, 0.717) is 19.6 Å². The number of carbonyl (C=O) groups excluding carboxylic acids is 2. The smallest absolute Gasteiger partial charge is 0.416 e. The molecule has 1 heterocycles. The van der Waals surface area contributed by atoms with E-state index < -0.39 is 6.09 Å². The van der Waals surface area contributed by atoms with Crippen LogP contribution in [0.4, 0.5) is 4.79 Å². The molecule has 0 unspecified atom stereocenters. The van der Waals surface area contributed by atoms with Gasteiger partial charge in [0.05, 0.1) is 6.54 Å². The lowest BCUT2D eigenvalue weighted by Gasteiger charge is -2.49. The first kappa shape index (κ1) is 13.3. The Morgan fingerprint density at radius 2 is 2.39 bits per heavy atom. The standard InChI is InChI=1S/C13H21NO4/c1-2-4-13(9-15)5-3-10(13)8-11(16)14-6-7-18-12(14)17/h10,15H,2-9H2,1H3/t10-,13-/m0/s1. The highest BCUT2D eigenvalue weighted by atomic mass is 16.6. The van der Waals surface area contributed by atoms with E-state index in [9.17, 15) is 14.7 Å². The van der Waals surface area contributed by atoms with Gasteiger partial charge in [0.15, 0.2) is 0 Å². The van der Waals surface area contributed by atoms with Crippen molar-refractivity contribution in [1.82, 2.24) is 4.90 Å². The van der Waals surface area contributed by atoms with Crippen LogP contribution >= 0.6 is 0 Å². The summed E-state index contributed by atoms with van der Waals surface area (Å²) in [4.78, 5) is 24.5. The average Bonchev–Trinajstić information content (AvgIpc) is 2.77. The summed E-state index contributed by atoms with van der Waals surface area (Å²) in [5, 5.41) is 9.55. The molecule has 1 aliphatic carbocycles. The van der Waals surface area contributed by atoms with E-state index in [0.717, 1.165) is 25.7 Å². The van der Waals surface area contributed by atoms with Crippen LogP contribution in [0, 0.1) is 11.3 Å². The Kier molecular flexibility index (Phi) is 3.90. The second-order valence-corrected chi connectivity index (χ2v) is 5.37. The van der Waals surface area contributed by atoms with E-state index in [4.69, 9.17) is 4.74 Å². The number of ether oxygens (including phenoxy) is 1. The quantitative estimate of drug-likeness (QED) is 0.809. The zero-order valence-electron chi connectivity index (χ0n) is 10.9. The zero-order chi connectivity index (χ0) is 13.2. The van der Waals surface area contributed by atoms with Gasteiger partial charge in [-0.2, -0.15) is 0 Å². The van der Waals surface area contributed by atoms with Crippen LogP contribution in [-0.2, 0) is 9.53 Å². The summed E-state index contributed by atoms with van der Waals surface area (Å²) in [6.07, 6.45) is 3.75. The molecular formula is C13H21NO4. The molecule has 0 aromatic carbocycles. The van der Waals surface area contributed by atoms with Crippen molar-refractivity contribution in [3.8, 4) is 0 Å². The van der Waals surface area contributed by atoms with E-state index in [-0.39, 0.29) is 23.8 Å². The number of aliphatic hydroxyl groups excluding tert-OH is 1. The van der Waals surface area contributed by atoms with Crippen LogP contribution in [0.15, 0.2) is 0 Å². The monoisotopic (exact) mass is 255 g/mol. The summed E-state index contributed by atoms with van der Waals surface area (Å²) in [7, 11) is 0. The fourth-order valence-electron chi connectivity index (χ4n) is 3.13. The van der Waals surface area contributed by atoms with Crippen LogP contribution in [0.2, 0.25) is 0 Å². The molecular weight excluding hydrogens is 234 g/mol. The summed E-state index contributed by atoms with van der Waals surface area (Å²) < 4.78 is 4.76. The van der Waals surface area contributed by atoms with Gasteiger partial charge in [-0.1, -0.05) is 13.3 Å². The third-order valence-electron chi connectivity index (χ3n) is 4.40. The van der Waals surface area contributed by atoms with E-state index in [1.165, 1.54) is 4.90 Å². The van der Waals surface area contributed by atoms with Crippen molar-refractivity contribution < 1.29 is 19.4 Å². The molecule has 2 atom stereocenters. The topological polar surface area (TPSA) is 66.8 Å². The zero-order valence-corrected chi connectivity index (χ0v) is 10.9. The molecule has 1 saturated carbocycles. The predicted molar refractivity (Wildman–Crippen MR) is 64.8 cm³/mol. The van der Waals surface area contributed by atoms with Crippen LogP contribution < -0.4 is 0 Å². The van der Waals surface area contributed by atoms with Gasteiger partial charge in [-0.25, -0.2) is 9.69 Å². The van der Waals surface area contributed by atoms with Crippen LogP contribution in [0.25, 0.3) is 0 Å². The number of hydrogen-bond donors (Lipinski definition) is 1. The first-order chi connectivity index (χ1) is 8.63. The lowest BCUT2D eigenvalue weighted by Crippen LogP contribution is -2.46. The van der Waals surface area contributed by atoms with Gasteiger partial charge in [-0.15, -0.1) is 0 Å². The number of amides is 2. The summed E-state index contributed by atoms with van der Waals surface area (Å²) in [5.74, 6) is 0.0551. The number of nitrogens with zero attached hydrogens (tertiary/aromatic N) is 1. The Morgan fingerprint density at radius 3 is 2.83 bits per heavy atom. The lowest BCUT2D eigenvalue weighted by molar-refractivity contribution is -0.133. The second-order valence-electron chi connectivity index (χ2n) is 5.37. The maximum Gasteiger partial charge on any atom is 0.416 e. The molecule has 2 amide bonds. The molecule has 5 nitrogen and oxygen atoms in total. The largest absolute Gasteiger partial charge is 0.447 e. The van der Waals surface area contributed by atoms with E-state index >= 15 is 0 Å². The molecule has 0 radical (unpaired) electrons. The number of imide groups is 1. The Hall–Kier alpha value is -1.10. The molecule has 1 N–H and O–H groups in total. The van der Waals surface area contributed by atoms with Gasteiger partial charge < -0.3 is 9.84 Å². The highest BCUT2D eigenvalue weighted by Gasteiger charge is 2.47. The van der Waals surface area contributed by atoms with Gasteiger partial charge in [-0.3, -0.25) is 4.79 Å². The Bertz CT molecular complexity index is 340. The van der Waals surface area contributed by atoms with E-state index in [2.05, 4.69) is 6.92 Å². The molecule has 2 aliphatic rings. The van der Waals surface area contributed by atoms with E-state index in [1.807, 2.05) is 0 Å². The molecule has 2 fully saturated rings. The summed E-state index contributed by atoms with van der Waals surface area (Å²) in [5.41, 5.74) is -0.0892. The summed E-state index contributed by atoms with van der Waals surface area (Å²) in [6, 6.07) is 0. The van der Waals surface area contributed by atoms with Gasteiger partial charge in [0, 0.05) is 13.0 Å². The molecule has 0 aromatic heterocycles. The molecule has 102 valence electrons. The minimum Gasteiger partial charge on any atom is -0.447 e. The van der Waals surface area contributed by atoms with Crippen LogP contribution in [-0.4, -0.2) is 41.8 Å². The highest BCUT2D eigenvalue weighted by Crippen LogP contribution is 2.51. The number of carbonyl (C=O) groups is 2. The van der Waals surface area contributed by atoms with Crippen molar-refractivity contribution in [2.45, 2.75) is 39.0 Å². The number of cyclic esters (lactones) is 1. The average molecular weight is 255 g/mol. The van der Waals surface area contributed by atoms with Crippen LogP contribution in [0.1, 0.15) is 39.0 Å². The minimum absolute atomic E-state index is 0.0892. The summed E-state index contributed by atoms with van der Waals surface area (Å²) >= 11 is 0. The van der Waals surface area contributed by atoms with Gasteiger partial charge >= 0.3 is 6.09 Å². The molecule has 1 aliphatic heterocycles. The Morgan fingerprint density at radius 1 is 1.61 bits per heavy atom. The van der Waals surface area contributed by atoms with E-state index in [1.54, 1.807) is 0 Å². The molecule has 0 aromatic rings. The predicted octanol–water partition coefficient (Wildman–Crippen LogP) is 1.54. The van der Waals surface area contributed by atoms with Crippen molar-refractivity contribution in [1.29, 1.82) is 0 Å². The van der Waals surface area contributed by atoms with Crippen LogP contribution in [0.3, 0.4) is 0 Å². The highest BCUT2D eigenvalue weighted by molar-refractivity contribution is 5.93. The first-order valence-corrected chi connectivity index (χ1v) is 6.71. The Labute approximate surface area is 107 Å². The normalized spacial score (nSPS) is 31.1. The number of aliphatic hydroxyl groups is 1. The van der Waals surface area contributed by atoms with Crippen molar-refractivity contribution in [2.75, 3.05) is 19.8 Å². The summed E-state index contributed by atoms with van der Waals surface area (Å²) in [6.45, 7) is 2.90. The maximum absolute atomic E-state index is 12.0. The Balaban J connectivity index is 1.93. The van der Waals surface area contributed by atoms with Gasteiger partial charge in [0.2, 0.25) is 5.91 Å². The molecule has 2 rings (SSSR count). The molecule has 1 saturated heterocycles. The van der Waals surface area contributed by atoms with Crippen molar-refractivity contribution in [2.24, 2.45) is 11.3 Å². The second kappa shape index (κ2) is 5.26. The minimum atomic E-state index is -0.524.